The summed E-state index contributed by atoms with van der Waals surface area (Å²) >= 11 is 0. The lowest BCUT2D eigenvalue weighted by Gasteiger charge is -2.19. The number of nitrogens with zero attached hydrogens (tertiary/aromatic N) is 4. The van der Waals surface area contributed by atoms with Crippen LogP contribution < -0.4 is 4.74 Å². The highest BCUT2D eigenvalue weighted by Crippen LogP contribution is 2.22. The zero-order valence-electron chi connectivity index (χ0n) is 13.5. The maximum Gasteiger partial charge on any atom is 0.134 e. The van der Waals surface area contributed by atoms with E-state index in [0.29, 0.717) is 0 Å². The molecule has 0 fully saturated rings. The standard InChI is InChI=1S/C19H20N4O/c1-2-6-17(7-3-1)24-18-8-4-5-16(13-18)14-22-10-9-19-21-20-15-23(19)12-11-22/h1-8,13,15H,9-12,14H2. The molecule has 0 spiro atoms. The zero-order chi connectivity index (χ0) is 16.2. The number of hydrogen-bond acceptors (Lipinski definition) is 4. The summed E-state index contributed by atoms with van der Waals surface area (Å²) in [6.07, 6.45) is 2.77. The smallest absolute Gasteiger partial charge is 0.134 e. The molecule has 4 rings (SSSR count). The minimum atomic E-state index is 0.863. The Morgan fingerprint density at radius 3 is 2.71 bits per heavy atom. The monoisotopic (exact) mass is 320 g/mol. The van der Waals surface area contributed by atoms with Gasteiger partial charge in [0, 0.05) is 32.6 Å². The van der Waals surface area contributed by atoms with Crippen LogP contribution in [0.2, 0.25) is 0 Å². The Morgan fingerprint density at radius 2 is 1.79 bits per heavy atom. The van der Waals surface area contributed by atoms with Crippen LogP contribution in [0.25, 0.3) is 0 Å². The fourth-order valence-corrected chi connectivity index (χ4v) is 3.03. The van der Waals surface area contributed by atoms with E-state index in [1.165, 1.54) is 5.56 Å². The molecule has 0 bridgehead atoms. The number of hydrogen-bond donors (Lipinski definition) is 0. The maximum atomic E-state index is 5.93. The topological polar surface area (TPSA) is 43.2 Å². The van der Waals surface area contributed by atoms with Gasteiger partial charge in [-0.15, -0.1) is 10.2 Å². The summed E-state index contributed by atoms with van der Waals surface area (Å²) in [5.74, 6) is 2.83. The van der Waals surface area contributed by atoms with Gasteiger partial charge in [0.2, 0.25) is 0 Å². The summed E-state index contributed by atoms with van der Waals surface area (Å²) in [4.78, 5) is 2.45. The van der Waals surface area contributed by atoms with E-state index < -0.39 is 0 Å². The maximum absolute atomic E-state index is 5.93. The van der Waals surface area contributed by atoms with Gasteiger partial charge < -0.3 is 9.30 Å². The van der Waals surface area contributed by atoms with E-state index >= 15 is 0 Å². The third-order valence-corrected chi connectivity index (χ3v) is 4.29. The second-order valence-electron chi connectivity index (χ2n) is 6.03. The Labute approximate surface area is 141 Å². The van der Waals surface area contributed by atoms with E-state index in [1.807, 2.05) is 42.7 Å². The molecule has 0 unspecified atom stereocenters. The molecular weight excluding hydrogens is 300 g/mol. The molecule has 2 aromatic carbocycles. The first-order valence-corrected chi connectivity index (χ1v) is 8.28. The summed E-state index contributed by atoms with van der Waals surface area (Å²) in [5, 5.41) is 8.17. The van der Waals surface area contributed by atoms with Gasteiger partial charge in [0.1, 0.15) is 23.7 Å². The summed E-state index contributed by atoms with van der Waals surface area (Å²) in [5.41, 5.74) is 1.26. The van der Waals surface area contributed by atoms with Gasteiger partial charge >= 0.3 is 0 Å². The molecule has 0 atom stereocenters. The molecule has 0 amide bonds. The van der Waals surface area contributed by atoms with Crippen LogP contribution in [0.1, 0.15) is 11.4 Å². The lowest BCUT2D eigenvalue weighted by Crippen LogP contribution is -2.26. The molecular formula is C19H20N4O. The van der Waals surface area contributed by atoms with E-state index in [9.17, 15) is 0 Å². The van der Waals surface area contributed by atoms with Gasteiger partial charge in [-0.3, -0.25) is 4.90 Å². The predicted molar refractivity (Wildman–Crippen MR) is 92.0 cm³/mol. The Kier molecular flexibility index (Phi) is 4.25. The van der Waals surface area contributed by atoms with E-state index in [1.54, 1.807) is 0 Å². The molecule has 0 radical (unpaired) electrons. The van der Waals surface area contributed by atoms with E-state index in [2.05, 4.69) is 37.9 Å². The highest BCUT2D eigenvalue weighted by molar-refractivity contribution is 5.33. The van der Waals surface area contributed by atoms with Crippen LogP contribution >= 0.6 is 0 Å². The van der Waals surface area contributed by atoms with Crippen LogP contribution in [0.4, 0.5) is 0 Å². The minimum absolute atomic E-state index is 0.863. The first-order chi connectivity index (χ1) is 11.9. The highest BCUT2D eigenvalue weighted by atomic mass is 16.5. The third kappa shape index (κ3) is 3.46. The largest absolute Gasteiger partial charge is 0.457 e. The molecule has 2 heterocycles. The molecule has 1 aliphatic heterocycles. The van der Waals surface area contributed by atoms with Gasteiger partial charge in [-0.25, -0.2) is 0 Å². The Morgan fingerprint density at radius 1 is 0.917 bits per heavy atom. The lowest BCUT2D eigenvalue weighted by molar-refractivity contribution is 0.271. The number of para-hydroxylation sites is 1. The second-order valence-corrected chi connectivity index (χ2v) is 6.03. The van der Waals surface area contributed by atoms with E-state index in [4.69, 9.17) is 4.74 Å². The van der Waals surface area contributed by atoms with Gasteiger partial charge in [0.25, 0.3) is 0 Å². The van der Waals surface area contributed by atoms with Crippen molar-refractivity contribution in [3.05, 3.63) is 72.3 Å². The zero-order valence-corrected chi connectivity index (χ0v) is 13.5. The Hall–Kier alpha value is -2.66. The summed E-state index contributed by atoms with van der Waals surface area (Å²) in [7, 11) is 0. The van der Waals surface area contributed by atoms with Crippen LogP contribution in [0.15, 0.2) is 60.9 Å². The van der Waals surface area contributed by atoms with Crippen molar-refractivity contribution in [2.45, 2.75) is 19.5 Å². The normalized spacial score (nSPS) is 14.8. The lowest BCUT2D eigenvalue weighted by atomic mass is 10.2. The van der Waals surface area contributed by atoms with Gasteiger partial charge in [-0.2, -0.15) is 0 Å². The number of aromatic nitrogens is 3. The molecule has 5 heteroatoms. The average molecular weight is 320 g/mol. The Bertz CT molecular complexity index is 777. The first kappa shape index (κ1) is 14.9. The molecule has 24 heavy (non-hydrogen) atoms. The van der Waals surface area contributed by atoms with Crippen molar-refractivity contribution in [1.82, 2.24) is 19.7 Å². The van der Waals surface area contributed by atoms with E-state index in [0.717, 1.165) is 49.9 Å². The van der Waals surface area contributed by atoms with Gasteiger partial charge in [0.05, 0.1) is 0 Å². The molecule has 3 aromatic rings. The summed E-state index contributed by atoms with van der Waals surface area (Å²) in [6, 6.07) is 18.2. The fraction of sp³-hybridized carbons (Fsp3) is 0.263. The number of benzene rings is 2. The van der Waals surface area contributed by atoms with Crippen molar-refractivity contribution in [3.63, 3.8) is 0 Å². The number of fused-ring (bicyclic) bond motifs is 1. The van der Waals surface area contributed by atoms with Crippen LogP contribution in [-0.4, -0.2) is 32.8 Å². The average Bonchev–Trinajstić information content (AvgIpc) is 2.98. The van der Waals surface area contributed by atoms with Crippen molar-refractivity contribution >= 4 is 0 Å². The number of rotatable bonds is 4. The molecule has 0 aliphatic carbocycles. The third-order valence-electron chi connectivity index (χ3n) is 4.29. The fourth-order valence-electron chi connectivity index (χ4n) is 3.03. The molecule has 1 aliphatic rings. The van der Waals surface area contributed by atoms with Crippen LogP contribution in [0, 0.1) is 0 Å². The molecule has 1 aromatic heterocycles. The van der Waals surface area contributed by atoms with Crippen LogP contribution in [0.3, 0.4) is 0 Å². The predicted octanol–water partition coefficient (Wildman–Crippen LogP) is 3.13. The molecule has 0 saturated carbocycles. The first-order valence-electron chi connectivity index (χ1n) is 8.28. The SMILES string of the molecule is c1ccc(Oc2cccc(CN3CCc4nncn4CC3)c2)cc1. The molecule has 122 valence electrons. The van der Waals surface area contributed by atoms with E-state index in [-0.39, 0.29) is 0 Å². The van der Waals surface area contributed by atoms with Crippen molar-refractivity contribution in [2.24, 2.45) is 0 Å². The minimum Gasteiger partial charge on any atom is -0.457 e. The molecule has 0 N–H and O–H groups in total. The molecule has 5 nitrogen and oxygen atoms in total. The van der Waals surface area contributed by atoms with Crippen LogP contribution in [-0.2, 0) is 19.5 Å². The second kappa shape index (κ2) is 6.84. The molecule has 0 saturated heterocycles. The van der Waals surface area contributed by atoms with Gasteiger partial charge in [-0.05, 0) is 29.8 Å². The van der Waals surface area contributed by atoms with Crippen molar-refractivity contribution in [1.29, 1.82) is 0 Å². The van der Waals surface area contributed by atoms with Crippen LogP contribution in [0.5, 0.6) is 11.5 Å². The van der Waals surface area contributed by atoms with Crippen molar-refractivity contribution in [3.8, 4) is 11.5 Å². The highest BCUT2D eigenvalue weighted by Gasteiger charge is 2.15. The quantitative estimate of drug-likeness (QED) is 0.741. The van der Waals surface area contributed by atoms with Gasteiger partial charge in [-0.1, -0.05) is 30.3 Å². The van der Waals surface area contributed by atoms with Crippen molar-refractivity contribution < 1.29 is 4.74 Å². The Balaban J connectivity index is 1.42. The summed E-state index contributed by atoms with van der Waals surface area (Å²) in [6.45, 7) is 3.88. The van der Waals surface area contributed by atoms with Crippen molar-refractivity contribution in [2.75, 3.05) is 13.1 Å². The van der Waals surface area contributed by atoms with Gasteiger partial charge in [0.15, 0.2) is 0 Å². The number of ether oxygens (including phenoxy) is 1. The summed E-state index contributed by atoms with van der Waals surface area (Å²) < 4.78 is 8.08.